The second kappa shape index (κ2) is 6.14. The molecule has 1 unspecified atom stereocenters. The molecule has 0 aromatic carbocycles. The second-order valence-electron chi connectivity index (χ2n) is 5.09. The lowest BCUT2D eigenvalue weighted by molar-refractivity contribution is 0.132. The largest absolute Gasteiger partial charge is 0.373 e. The summed E-state index contributed by atoms with van der Waals surface area (Å²) in [5.41, 5.74) is 1.04. The molecule has 0 saturated carbocycles. The van der Waals surface area contributed by atoms with Crippen LogP contribution < -0.4 is 5.32 Å². The minimum atomic E-state index is 0.709. The highest BCUT2D eigenvalue weighted by Crippen LogP contribution is 2.21. The average Bonchev–Trinajstić information content (AvgIpc) is 2.38. The van der Waals surface area contributed by atoms with E-state index < -0.39 is 0 Å². The Hall–Kier alpha value is -1.16. The van der Waals surface area contributed by atoms with Gasteiger partial charge in [-0.3, -0.25) is 4.90 Å². The van der Waals surface area contributed by atoms with Gasteiger partial charge in [-0.2, -0.15) is 0 Å². The molecule has 1 aliphatic rings. The van der Waals surface area contributed by atoms with E-state index in [0.29, 0.717) is 6.04 Å². The summed E-state index contributed by atoms with van der Waals surface area (Å²) >= 11 is 0. The molecule has 1 aromatic rings. The van der Waals surface area contributed by atoms with Gasteiger partial charge in [-0.05, 0) is 32.7 Å². The van der Waals surface area contributed by atoms with Crippen LogP contribution in [0.15, 0.2) is 6.07 Å². The first-order valence-corrected chi connectivity index (χ1v) is 6.99. The van der Waals surface area contributed by atoms with Gasteiger partial charge in [-0.1, -0.05) is 13.3 Å². The van der Waals surface area contributed by atoms with Crippen LogP contribution in [-0.4, -0.2) is 34.5 Å². The van der Waals surface area contributed by atoms with Gasteiger partial charge in [0.15, 0.2) is 0 Å². The Morgan fingerprint density at radius 1 is 1.39 bits per heavy atom. The SMILES string of the molecule is CCC1CCCCN1Cc1nc(C)cc(NC)n1. The van der Waals surface area contributed by atoms with Crippen molar-refractivity contribution in [2.45, 2.75) is 52.1 Å². The number of hydrogen-bond acceptors (Lipinski definition) is 4. The van der Waals surface area contributed by atoms with E-state index in [2.05, 4.69) is 27.1 Å². The molecule has 2 rings (SSSR count). The number of anilines is 1. The van der Waals surface area contributed by atoms with Crippen LogP contribution in [0.2, 0.25) is 0 Å². The lowest BCUT2D eigenvalue weighted by Gasteiger charge is -2.34. The second-order valence-corrected chi connectivity index (χ2v) is 5.09. The van der Waals surface area contributed by atoms with Gasteiger partial charge >= 0.3 is 0 Å². The van der Waals surface area contributed by atoms with Crippen molar-refractivity contribution in [1.82, 2.24) is 14.9 Å². The van der Waals surface area contributed by atoms with Crippen molar-refractivity contribution in [3.63, 3.8) is 0 Å². The van der Waals surface area contributed by atoms with Crippen molar-refractivity contribution < 1.29 is 0 Å². The molecule has 4 nitrogen and oxygen atoms in total. The molecule has 0 spiro atoms. The maximum absolute atomic E-state index is 4.55. The van der Waals surface area contributed by atoms with Crippen LogP contribution >= 0.6 is 0 Å². The Balaban J connectivity index is 2.09. The predicted molar refractivity (Wildman–Crippen MR) is 74.7 cm³/mol. The number of aromatic nitrogens is 2. The summed E-state index contributed by atoms with van der Waals surface area (Å²) in [6.07, 6.45) is 5.22. The molecule has 1 saturated heterocycles. The van der Waals surface area contributed by atoms with Gasteiger partial charge in [-0.15, -0.1) is 0 Å². The minimum absolute atomic E-state index is 0.709. The third kappa shape index (κ3) is 3.19. The van der Waals surface area contributed by atoms with E-state index in [-0.39, 0.29) is 0 Å². The summed E-state index contributed by atoms with van der Waals surface area (Å²) < 4.78 is 0. The van der Waals surface area contributed by atoms with Crippen LogP contribution in [-0.2, 0) is 6.54 Å². The summed E-state index contributed by atoms with van der Waals surface area (Å²) in [7, 11) is 1.90. The highest BCUT2D eigenvalue weighted by atomic mass is 15.2. The van der Waals surface area contributed by atoms with Gasteiger partial charge < -0.3 is 5.32 Å². The van der Waals surface area contributed by atoms with E-state index in [9.17, 15) is 0 Å². The molecule has 1 atom stereocenters. The third-order valence-electron chi connectivity index (χ3n) is 3.72. The molecule has 0 radical (unpaired) electrons. The molecule has 0 amide bonds. The van der Waals surface area contributed by atoms with Crippen LogP contribution in [0.1, 0.15) is 44.1 Å². The molecule has 1 N–H and O–H groups in total. The van der Waals surface area contributed by atoms with Gasteiger partial charge in [0.2, 0.25) is 0 Å². The van der Waals surface area contributed by atoms with Crippen LogP contribution in [0, 0.1) is 6.92 Å². The summed E-state index contributed by atoms with van der Waals surface area (Å²) in [5, 5.41) is 3.10. The summed E-state index contributed by atoms with van der Waals surface area (Å²) in [6.45, 7) is 6.37. The number of likely N-dealkylation sites (tertiary alicyclic amines) is 1. The van der Waals surface area contributed by atoms with Gasteiger partial charge in [0.25, 0.3) is 0 Å². The average molecular weight is 248 g/mol. The number of nitrogens with one attached hydrogen (secondary N) is 1. The lowest BCUT2D eigenvalue weighted by Crippen LogP contribution is -2.38. The number of piperidine rings is 1. The van der Waals surface area contributed by atoms with Crippen molar-refractivity contribution in [3.05, 3.63) is 17.6 Å². The zero-order chi connectivity index (χ0) is 13.0. The molecular formula is C14H24N4. The molecule has 1 fully saturated rings. The van der Waals surface area contributed by atoms with Crippen molar-refractivity contribution in [2.24, 2.45) is 0 Å². The van der Waals surface area contributed by atoms with Gasteiger partial charge in [0.1, 0.15) is 11.6 Å². The van der Waals surface area contributed by atoms with Crippen molar-refractivity contribution in [3.8, 4) is 0 Å². The highest BCUT2D eigenvalue weighted by molar-refractivity contribution is 5.34. The van der Waals surface area contributed by atoms with Crippen LogP contribution in [0.3, 0.4) is 0 Å². The maximum atomic E-state index is 4.55. The molecule has 4 heteroatoms. The highest BCUT2D eigenvalue weighted by Gasteiger charge is 2.21. The Kier molecular flexibility index (Phi) is 4.53. The van der Waals surface area contributed by atoms with Gasteiger partial charge in [0, 0.05) is 24.8 Å². The Morgan fingerprint density at radius 3 is 2.94 bits per heavy atom. The van der Waals surface area contributed by atoms with E-state index in [0.717, 1.165) is 23.9 Å². The van der Waals surface area contributed by atoms with Crippen LogP contribution in [0.4, 0.5) is 5.82 Å². The third-order valence-corrected chi connectivity index (χ3v) is 3.72. The Labute approximate surface area is 110 Å². The minimum Gasteiger partial charge on any atom is -0.373 e. The summed E-state index contributed by atoms with van der Waals surface area (Å²) in [5.74, 6) is 1.86. The van der Waals surface area contributed by atoms with Crippen LogP contribution in [0.25, 0.3) is 0 Å². The molecule has 1 aromatic heterocycles. The van der Waals surface area contributed by atoms with E-state index in [4.69, 9.17) is 0 Å². The fourth-order valence-corrected chi connectivity index (χ4v) is 2.74. The quantitative estimate of drug-likeness (QED) is 0.889. The number of hydrogen-bond donors (Lipinski definition) is 1. The molecule has 1 aliphatic heterocycles. The van der Waals surface area contributed by atoms with E-state index in [1.54, 1.807) is 0 Å². The molecule has 0 bridgehead atoms. The van der Waals surface area contributed by atoms with Crippen molar-refractivity contribution >= 4 is 5.82 Å². The normalized spacial score (nSPS) is 20.9. The standard InChI is InChI=1S/C14H24N4/c1-4-12-7-5-6-8-18(12)10-14-16-11(2)9-13(15-3)17-14/h9,12H,4-8,10H2,1-3H3,(H,15,16,17). The van der Waals surface area contributed by atoms with E-state index in [1.165, 1.54) is 32.2 Å². The fourth-order valence-electron chi connectivity index (χ4n) is 2.74. The van der Waals surface area contributed by atoms with E-state index in [1.807, 2.05) is 20.0 Å². The molecule has 100 valence electrons. The molecule has 0 aliphatic carbocycles. The van der Waals surface area contributed by atoms with Crippen molar-refractivity contribution in [1.29, 1.82) is 0 Å². The summed E-state index contributed by atoms with van der Waals surface area (Å²) in [4.78, 5) is 11.6. The number of aryl methyl sites for hydroxylation is 1. The van der Waals surface area contributed by atoms with Crippen LogP contribution in [0.5, 0.6) is 0 Å². The fraction of sp³-hybridized carbons (Fsp3) is 0.714. The first kappa shape index (κ1) is 13.3. The lowest BCUT2D eigenvalue weighted by atomic mass is 10.0. The first-order valence-electron chi connectivity index (χ1n) is 6.99. The molecule has 18 heavy (non-hydrogen) atoms. The first-order chi connectivity index (χ1) is 8.72. The summed E-state index contributed by atoms with van der Waals surface area (Å²) in [6, 6.07) is 2.69. The molecular weight excluding hydrogens is 224 g/mol. The zero-order valence-corrected chi connectivity index (χ0v) is 11.7. The smallest absolute Gasteiger partial charge is 0.144 e. The Bertz CT molecular complexity index is 391. The molecule has 2 heterocycles. The zero-order valence-electron chi connectivity index (χ0n) is 11.7. The number of nitrogens with zero attached hydrogens (tertiary/aromatic N) is 3. The van der Waals surface area contributed by atoms with E-state index >= 15 is 0 Å². The maximum Gasteiger partial charge on any atom is 0.144 e. The monoisotopic (exact) mass is 248 g/mol. The number of rotatable bonds is 4. The van der Waals surface area contributed by atoms with Crippen molar-refractivity contribution in [2.75, 3.05) is 18.9 Å². The van der Waals surface area contributed by atoms with Gasteiger partial charge in [-0.25, -0.2) is 9.97 Å². The Morgan fingerprint density at radius 2 is 2.22 bits per heavy atom. The topological polar surface area (TPSA) is 41.1 Å². The predicted octanol–water partition coefficient (Wildman–Crippen LogP) is 2.59. The van der Waals surface area contributed by atoms with Gasteiger partial charge in [0.05, 0.1) is 6.54 Å².